The minimum Gasteiger partial charge on any atom is -0.394 e. The average molecular weight is 349 g/mol. The summed E-state index contributed by atoms with van der Waals surface area (Å²) in [6.07, 6.45) is 0. The second-order valence-electron chi connectivity index (χ2n) is 5.10. The van der Waals surface area contributed by atoms with E-state index in [0.29, 0.717) is 18.1 Å². The molecule has 0 fully saturated rings. The number of rotatable bonds is 6. The molecule has 7 heteroatoms. The van der Waals surface area contributed by atoms with Gasteiger partial charge in [0.2, 0.25) is 0 Å². The molecule has 0 bridgehead atoms. The fraction of sp³-hybridized carbons (Fsp3) is 0.250. The van der Waals surface area contributed by atoms with Crippen LogP contribution in [0.2, 0.25) is 5.02 Å². The normalized spacial score (nSPS) is 10.9. The van der Waals surface area contributed by atoms with Crippen molar-refractivity contribution < 1.29 is 5.11 Å². The molecule has 0 amide bonds. The van der Waals surface area contributed by atoms with E-state index in [1.165, 1.54) is 0 Å². The highest BCUT2D eigenvalue weighted by Gasteiger charge is 2.10. The van der Waals surface area contributed by atoms with E-state index in [2.05, 4.69) is 15.4 Å². The Morgan fingerprint density at radius 3 is 2.74 bits per heavy atom. The molecule has 0 saturated carbocycles. The Balaban J connectivity index is 1.81. The molecule has 2 N–H and O–H groups in total. The van der Waals surface area contributed by atoms with Crippen LogP contribution in [0.5, 0.6) is 0 Å². The molecule has 2 heterocycles. The van der Waals surface area contributed by atoms with Gasteiger partial charge in [-0.1, -0.05) is 23.7 Å². The van der Waals surface area contributed by atoms with E-state index in [-0.39, 0.29) is 6.61 Å². The standard InChI is InChI=1S/C16H17ClN4OS/c1-11-10-23-16(19-11)9-18-15-8-14(20-21(15)6-7-22)12-2-4-13(17)5-3-12/h2-5,8,10,18,22H,6-7,9H2,1H3. The number of nitrogens with zero attached hydrogens (tertiary/aromatic N) is 3. The fourth-order valence-corrected chi connectivity index (χ4v) is 3.07. The molecule has 23 heavy (non-hydrogen) atoms. The minimum atomic E-state index is 0.0345. The van der Waals surface area contributed by atoms with Crippen molar-refractivity contribution in [1.82, 2.24) is 14.8 Å². The van der Waals surface area contributed by atoms with E-state index in [4.69, 9.17) is 11.6 Å². The molecule has 0 spiro atoms. The number of aliphatic hydroxyl groups excluding tert-OH is 1. The van der Waals surface area contributed by atoms with Crippen molar-refractivity contribution in [3.05, 3.63) is 51.4 Å². The maximum absolute atomic E-state index is 9.23. The summed E-state index contributed by atoms with van der Waals surface area (Å²) >= 11 is 7.55. The lowest BCUT2D eigenvalue weighted by Crippen LogP contribution is -2.10. The van der Waals surface area contributed by atoms with Crippen LogP contribution < -0.4 is 5.32 Å². The third-order valence-corrected chi connectivity index (χ3v) is 4.54. The maximum Gasteiger partial charge on any atom is 0.125 e. The van der Waals surface area contributed by atoms with Crippen molar-refractivity contribution in [3.63, 3.8) is 0 Å². The molecule has 0 atom stereocenters. The number of thiazole rings is 1. The summed E-state index contributed by atoms with van der Waals surface area (Å²) in [6, 6.07) is 9.52. The number of hydrogen-bond acceptors (Lipinski definition) is 5. The van der Waals surface area contributed by atoms with Gasteiger partial charge in [0.15, 0.2) is 0 Å². The van der Waals surface area contributed by atoms with E-state index in [9.17, 15) is 5.11 Å². The van der Waals surface area contributed by atoms with Crippen LogP contribution in [0.3, 0.4) is 0 Å². The van der Waals surface area contributed by atoms with Crippen LogP contribution in [0.15, 0.2) is 35.7 Å². The summed E-state index contributed by atoms with van der Waals surface area (Å²) in [5.41, 5.74) is 2.85. The number of aromatic nitrogens is 3. The Labute approximate surface area is 143 Å². The summed E-state index contributed by atoms with van der Waals surface area (Å²) in [5, 5.41) is 20.9. The van der Waals surface area contributed by atoms with Crippen LogP contribution in [0.1, 0.15) is 10.7 Å². The Kier molecular flexibility index (Phi) is 4.95. The first kappa shape index (κ1) is 16.0. The second kappa shape index (κ2) is 7.12. The summed E-state index contributed by atoms with van der Waals surface area (Å²) in [7, 11) is 0. The summed E-state index contributed by atoms with van der Waals surface area (Å²) in [5.74, 6) is 0.858. The number of halogens is 1. The number of aliphatic hydroxyl groups is 1. The lowest BCUT2D eigenvalue weighted by Gasteiger charge is -2.06. The molecule has 5 nitrogen and oxygen atoms in total. The third-order valence-electron chi connectivity index (χ3n) is 3.32. The van der Waals surface area contributed by atoms with Gasteiger partial charge in [0, 0.05) is 27.7 Å². The molecule has 0 saturated heterocycles. The first-order chi connectivity index (χ1) is 11.2. The highest BCUT2D eigenvalue weighted by Crippen LogP contribution is 2.24. The Morgan fingerprint density at radius 1 is 1.30 bits per heavy atom. The zero-order valence-corrected chi connectivity index (χ0v) is 14.2. The Bertz CT molecular complexity index is 782. The molecule has 120 valence electrons. The van der Waals surface area contributed by atoms with Crippen LogP contribution in [-0.2, 0) is 13.1 Å². The SMILES string of the molecule is Cc1csc(CNc2cc(-c3ccc(Cl)cc3)nn2CCO)n1. The molecule has 3 aromatic rings. The van der Waals surface area contributed by atoms with Crippen molar-refractivity contribution in [1.29, 1.82) is 0 Å². The van der Waals surface area contributed by atoms with E-state index in [0.717, 1.165) is 27.8 Å². The van der Waals surface area contributed by atoms with Gasteiger partial charge in [0.1, 0.15) is 10.8 Å². The monoisotopic (exact) mass is 348 g/mol. The second-order valence-corrected chi connectivity index (χ2v) is 6.48. The highest BCUT2D eigenvalue weighted by molar-refractivity contribution is 7.09. The summed E-state index contributed by atoms with van der Waals surface area (Å²) in [6.45, 7) is 3.09. The zero-order valence-electron chi connectivity index (χ0n) is 12.7. The van der Waals surface area contributed by atoms with Crippen molar-refractivity contribution >= 4 is 28.8 Å². The zero-order chi connectivity index (χ0) is 16.2. The molecule has 0 aliphatic rings. The molecular formula is C16H17ClN4OS. The van der Waals surface area contributed by atoms with E-state index in [1.807, 2.05) is 42.6 Å². The van der Waals surface area contributed by atoms with Gasteiger partial charge in [-0.05, 0) is 19.1 Å². The molecule has 0 radical (unpaired) electrons. The summed E-state index contributed by atoms with van der Waals surface area (Å²) in [4.78, 5) is 4.44. The van der Waals surface area contributed by atoms with Gasteiger partial charge in [-0.25, -0.2) is 9.67 Å². The number of nitrogens with one attached hydrogen (secondary N) is 1. The van der Waals surface area contributed by atoms with E-state index in [1.54, 1.807) is 16.0 Å². The lowest BCUT2D eigenvalue weighted by atomic mass is 10.1. The van der Waals surface area contributed by atoms with Crippen molar-refractivity contribution in [2.45, 2.75) is 20.0 Å². The Morgan fingerprint density at radius 2 is 2.09 bits per heavy atom. The highest BCUT2D eigenvalue weighted by atomic mass is 35.5. The van der Waals surface area contributed by atoms with Crippen LogP contribution in [-0.4, -0.2) is 26.5 Å². The first-order valence-electron chi connectivity index (χ1n) is 7.25. The van der Waals surface area contributed by atoms with Crippen molar-refractivity contribution in [2.24, 2.45) is 0 Å². The Hall–Kier alpha value is -1.89. The first-order valence-corrected chi connectivity index (χ1v) is 8.51. The fourth-order valence-electron chi connectivity index (χ4n) is 2.24. The lowest BCUT2D eigenvalue weighted by molar-refractivity contribution is 0.270. The molecular weight excluding hydrogens is 332 g/mol. The minimum absolute atomic E-state index is 0.0345. The molecule has 3 rings (SSSR count). The van der Waals surface area contributed by atoms with Gasteiger partial charge < -0.3 is 10.4 Å². The largest absolute Gasteiger partial charge is 0.394 e. The van der Waals surface area contributed by atoms with Gasteiger partial charge in [-0.3, -0.25) is 0 Å². The van der Waals surface area contributed by atoms with Crippen LogP contribution in [0.4, 0.5) is 5.82 Å². The van der Waals surface area contributed by atoms with Crippen LogP contribution in [0.25, 0.3) is 11.3 Å². The topological polar surface area (TPSA) is 63.0 Å². The average Bonchev–Trinajstić information content (AvgIpc) is 3.13. The smallest absolute Gasteiger partial charge is 0.125 e. The number of anilines is 1. The van der Waals surface area contributed by atoms with Gasteiger partial charge in [0.25, 0.3) is 0 Å². The van der Waals surface area contributed by atoms with Crippen LogP contribution in [0, 0.1) is 6.92 Å². The van der Waals surface area contributed by atoms with Crippen molar-refractivity contribution in [3.8, 4) is 11.3 Å². The van der Waals surface area contributed by atoms with E-state index >= 15 is 0 Å². The van der Waals surface area contributed by atoms with Gasteiger partial charge >= 0.3 is 0 Å². The molecule has 0 aliphatic carbocycles. The van der Waals surface area contributed by atoms with Crippen molar-refractivity contribution in [2.75, 3.05) is 11.9 Å². The predicted molar refractivity (Wildman–Crippen MR) is 93.9 cm³/mol. The number of aryl methyl sites for hydroxylation is 1. The summed E-state index contributed by atoms with van der Waals surface area (Å²) < 4.78 is 1.77. The molecule has 1 aromatic carbocycles. The van der Waals surface area contributed by atoms with Gasteiger partial charge in [-0.15, -0.1) is 11.3 Å². The molecule has 2 aromatic heterocycles. The van der Waals surface area contributed by atoms with Gasteiger partial charge in [-0.2, -0.15) is 5.10 Å². The maximum atomic E-state index is 9.23. The quantitative estimate of drug-likeness (QED) is 0.714. The van der Waals surface area contributed by atoms with Gasteiger partial charge in [0.05, 0.1) is 25.4 Å². The molecule has 0 aliphatic heterocycles. The predicted octanol–water partition coefficient (Wildman–Crippen LogP) is 3.57. The number of hydrogen-bond donors (Lipinski definition) is 2. The molecule has 0 unspecified atom stereocenters. The van der Waals surface area contributed by atoms with Crippen LogP contribution >= 0.6 is 22.9 Å². The number of benzene rings is 1. The van der Waals surface area contributed by atoms with E-state index < -0.39 is 0 Å². The third kappa shape index (κ3) is 3.90.